The van der Waals surface area contributed by atoms with Crippen LogP contribution >= 0.6 is 11.5 Å². The van der Waals surface area contributed by atoms with Crippen LogP contribution in [0.5, 0.6) is 0 Å². The molecule has 0 aliphatic rings. The first-order valence-electron chi connectivity index (χ1n) is 3.09. The number of nitrogens with one attached hydrogen (secondary N) is 1. The van der Waals surface area contributed by atoms with E-state index in [-0.39, 0.29) is 10.4 Å². The first-order chi connectivity index (χ1) is 5.24. The molecule has 0 radical (unpaired) electrons. The van der Waals surface area contributed by atoms with E-state index in [1.165, 1.54) is 6.07 Å². The number of aromatic nitrogens is 1. The van der Waals surface area contributed by atoms with E-state index in [4.69, 9.17) is 0 Å². The summed E-state index contributed by atoms with van der Waals surface area (Å²) in [5, 5.41) is 0. The Kier molecular flexibility index (Phi) is 2.43. The molecule has 1 heterocycles. The van der Waals surface area contributed by atoms with E-state index in [0.29, 0.717) is 6.61 Å². The largest absolute Gasteiger partial charge is 0.461 e. The average molecular weight is 173 g/mol. The molecule has 0 spiro atoms. The van der Waals surface area contributed by atoms with Crippen molar-refractivity contribution in [1.82, 2.24) is 4.37 Å². The SMILES string of the molecule is CCOC(=O)c1cc(=O)s[nH]1. The zero-order valence-electron chi connectivity index (χ0n) is 5.92. The first kappa shape index (κ1) is 8.00. The lowest BCUT2D eigenvalue weighted by Gasteiger charge is -1.95. The van der Waals surface area contributed by atoms with Crippen LogP contribution < -0.4 is 4.74 Å². The predicted octanol–water partition coefficient (Wildman–Crippen LogP) is 0.613. The van der Waals surface area contributed by atoms with Crippen LogP contribution in [-0.4, -0.2) is 16.9 Å². The Balaban J connectivity index is 2.76. The molecule has 1 aromatic rings. The summed E-state index contributed by atoms with van der Waals surface area (Å²) >= 11 is 0.877. The molecule has 0 unspecified atom stereocenters. The first-order valence-corrected chi connectivity index (χ1v) is 3.91. The van der Waals surface area contributed by atoms with E-state index >= 15 is 0 Å². The molecule has 0 bridgehead atoms. The highest BCUT2D eigenvalue weighted by atomic mass is 32.1. The summed E-state index contributed by atoms with van der Waals surface area (Å²) < 4.78 is 7.01. The van der Waals surface area contributed by atoms with Gasteiger partial charge in [0.15, 0.2) is 0 Å². The van der Waals surface area contributed by atoms with E-state index in [1.807, 2.05) is 0 Å². The third-order valence-corrected chi connectivity index (χ3v) is 1.66. The summed E-state index contributed by atoms with van der Waals surface area (Å²) in [6.07, 6.45) is 0. The minimum absolute atomic E-state index is 0.173. The van der Waals surface area contributed by atoms with E-state index < -0.39 is 5.97 Å². The highest BCUT2D eigenvalue weighted by Gasteiger charge is 2.07. The quantitative estimate of drug-likeness (QED) is 0.667. The number of hydrogen-bond acceptors (Lipinski definition) is 4. The number of rotatable bonds is 2. The van der Waals surface area contributed by atoms with Crippen LogP contribution in [-0.2, 0) is 4.74 Å². The Morgan fingerprint density at radius 3 is 3.00 bits per heavy atom. The fraction of sp³-hybridized carbons (Fsp3) is 0.333. The lowest BCUT2D eigenvalue weighted by Crippen LogP contribution is -2.04. The van der Waals surface area contributed by atoms with Gasteiger partial charge in [-0.25, -0.2) is 4.79 Å². The summed E-state index contributed by atoms with van der Waals surface area (Å²) in [6, 6.07) is 1.22. The third-order valence-electron chi connectivity index (χ3n) is 1.02. The molecule has 1 rings (SSSR count). The molecule has 4 nitrogen and oxygen atoms in total. The smallest absolute Gasteiger partial charge is 0.355 e. The zero-order valence-corrected chi connectivity index (χ0v) is 6.73. The molecule has 0 saturated heterocycles. The van der Waals surface area contributed by atoms with E-state index in [2.05, 4.69) is 9.11 Å². The van der Waals surface area contributed by atoms with Gasteiger partial charge < -0.3 is 9.11 Å². The monoisotopic (exact) mass is 173 g/mol. The van der Waals surface area contributed by atoms with E-state index in [0.717, 1.165) is 11.5 Å². The second kappa shape index (κ2) is 3.34. The van der Waals surface area contributed by atoms with Crippen molar-refractivity contribution in [1.29, 1.82) is 0 Å². The van der Waals surface area contributed by atoms with Gasteiger partial charge in [0.2, 0.25) is 4.74 Å². The maximum absolute atomic E-state index is 10.9. The second-order valence-corrected chi connectivity index (χ2v) is 2.61. The molecule has 0 amide bonds. The summed E-state index contributed by atoms with van der Waals surface area (Å²) in [7, 11) is 0. The van der Waals surface area contributed by atoms with Crippen molar-refractivity contribution in [3.05, 3.63) is 21.3 Å². The Bertz CT molecular complexity index is 301. The Morgan fingerprint density at radius 2 is 2.55 bits per heavy atom. The van der Waals surface area contributed by atoms with Crippen LogP contribution in [0.1, 0.15) is 17.4 Å². The van der Waals surface area contributed by atoms with E-state index in [9.17, 15) is 9.59 Å². The summed E-state index contributed by atoms with van der Waals surface area (Å²) in [5.74, 6) is -0.481. The van der Waals surface area contributed by atoms with Gasteiger partial charge >= 0.3 is 5.97 Å². The molecule has 0 fully saturated rings. The molecular weight excluding hydrogens is 166 g/mol. The Hall–Kier alpha value is -1.10. The van der Waals surface area contributed by atoms with Crippen LogP contribution in [0.4, 0.5) is 0 Å². The minimum Gasteiger partial charge on any atom is -0.461 e. The number of H-pyrrole nitrogens is 1. The maximum atomic E-state index is 10.9. The van der Waals surface area contributed by atoms with Gasteiger partial charge in [-0.2, -0.15) is 0 Å². The number of ether oxygens (including phenoxy) is 1. The van der Waals surface area contributed by atoms with Gasteiger partial charge in [-0.1, -0.05) is 0 Å². The number of carbonyl (C=O) groups excluding carboxylic acids is 1. The molecule has 0 atom stereocenters. The van der Waals surface area contributed by atoms with Gasteiger partial charge in [0, 0.05) is 6.07 Å². The highest BCUT2D eigenvalue weighted by molar-refractivity contribution is 7.03. The van der Waals surface area contributed by atoms with Crippen LogP contribution in [0, 0.1) is 0 Å². The van der Waals surface area contributed by atoms with Crippen LogP contribution in [0.3, 0.4) is 0 Å². The second-order valence-electron chi connectivity index (χ2n) is 1.80. The van der Waals surface area contributed by atoms with Gasteiger partial charge in [-0.15, -0.1) is 0 Å². The molecule has 60 valence electrons. The van der Waals surface area contributed by atoms with Crippen molar-refractivity contribution in [3.63, 3.8) is 0 Å². The van der Waals surface area contributed by atoms with Gasteiger partial charge in [0.25, 0.3) is 0 Å². The van der Waals surface area contributed by atoms with Crippen molar-refractivity contribution in [2.24, 2.45) is 0 Å². The molecule has 11 heavy (non-hydrogen) atoms. The average Bonchev–Trinajstić information content (AvgIpc) is 2.36. The minimum atomic E-state index is -0.481. The van der Waals surface area contributed by atoms with Crippen molar-refractivity contribution >= 4 is 17.5 Å². The van der Waals surface area contributed by atoms with Crippen LogP contribution in [0.25, 0.3) is 0 Å². The fourth-order valence-electron chi connectivity index (χ4n) is 0.591. The van der Waals surface area contributed by atoms with Gasteiger partial charge in [-0.3, -0.25) is 4.79 Å². The Morgan fingerprint density at radius 1 is 1.82 bits per heavy atom. The standard InChI is InChI=1S/C6H7NO3S/c1-2-10-6(9)4-3-5(8)11-7-4/h3,7H,2H2,1H3. The zero-order chi connectivity index (χ0) is 8.27. The Labute approximate surface area is 67.0 Å². The number of esters is 1. The topological polar surface area (TPSA) is 59.2 Å². The maximum Gasteiger partial charge on any atom is 0.355 e. The normalized spacial score (nSPS) is 9.55. The molecule has 1 aromatic heterocycles. The molecule has 0 saturated carbocycles. The predicted molar refractivity (Wildman–Crippen MR) is 40.9 cm³/mol. The van der Waals surface area contributed by atoms with Crippen molar-refractivity contribution < 1.29 is 9.53 Å². The molecular formula is C6H7NO3S. The van der Waals surface area contributed by atoms with Gasteiger partial charge in [-0.05, 0) is 18.5 Å². The molecule has 1 N–H and O–H groups in total. The summed E-state index contributed by atoms with van der Waals surface area (Å²) in [5.41, 5.74) is 0.224. The number of aromatic amines is 1. The lowest BCUT2D eigenvalue weighted by molar-refractivity contribution is 0.0521. The lowest BCUT2D eigenvalue weighted by atomic mass is 10.4. The summed E-state index contributed by atoms with van der Waals surface area (Å²) in [4.78, 5) is 21.5. The van der Waals surface area contributed by atoms with Crippen molar-refractivity contribution in [2.75, 3.05) is 6.61 Å². The van der Waals surface area contributed by atoms with Crippen LogP contribution in [0.2, 0.25) is 0 Å². The molecule has 5 heteroatoms. The van der Waals surface area contributed by atoms with E-state index in [1.54, 1.807) is 6.92 Å². The van der Waals surface area contributed by atoms with Gasteiger partial charge in [0.1, 0.15) is 5.69 Å². The molecule has 0 aromatic carbocycles. The number of hydrogen-bond donors (Lipinski definition) is 1. The highest BCUT2D eigenvalue weighted by Crippen LogP contribution is 1.95. The number of carbonyl (C=O) groups is 1. The van der Waals surface area contributed by atoms with Crippen LogP contribution in [0.15, 0.2) is 10.9 Å². The fourth-order valence-corrected chi connectivity index (χ4v) is 1.12. The molecule has 0 aliphatic carbocycles. The summed E-state index contributed by atoms with van der Waals surface area (Å²) in [6.45, 7) is 2.03. The third kappa shape index (κ3) is 1.91. The van der Waals surface area contributed by atoms with Crippen molar-refractivity contribution in [2.45, 2.75) is 6.92 Å². The molecule has 0 aliphatic heterocycles. The van der Waals surface area contributed by atoms with Gasteiger partial charge in [0.05, 0.1) is 6.61 Å². The van der Waals surface area contributed by atoms with Crippen molar-refractivity contribution in [3.8, 4) is 0 Å².